The Kier molecular flexibility index (Phi) is 11.7. The first-order valence-electron chi connectivity index (χ1n) is 22.0. The van der Waals surface area contributed by atoms with E-state index >= 15 is 0 Å². The molecule has 0 amide bonds. The first-order chi connectivity index (χ1) is 30.6. The van der Waals surface area contributed by atoms with Crippen LogP contribution in [0.15, 0.2) is 200 Å². The normalized spacial score (nSPS) is 12.1. The van der Waals surface area contributed by atoms with E-state index in [1.165, 1.54) is 77.1 Å². The van der Waals surface area contributed by atoms with Crippen LogP contribution in [0.4, 0.5) is 17.1 Å². The lowest BCUT2D eigenvalue weighted by atomic mass is 9.95. The molecule has 0 fully saturated rings. The Hall–Kier alpha value is -7.42. The van der Waals surface area contributed by atoms with Gasteiger partial charge in [-0.05, 0) is 119 Å². The predicted molar refractivity (Wildman–Crippen MR) is 268 cm³/mol. The second-order valence-corrected chi connectivity index (χ2v) is 15.7. The Bertz CT molecular complexity index is 3090. The minimum Gasteiger partial charge on any atom is -0.310 e. The largest absolute Gasteiger partial charge is 0.310 e. The molecule has 9 aromatic rings. The lowest BCUT2D eigenvalue weighted by Gasteiger charge is -2.29. The molecule has 2 nitrogen and oxygen atoms in total. The molecule has 9 rings (SSSR count). The van der Waals surface area contributed by atoms with Crippen molar-refractivity contribution in [3.63, 3.8) is 0 Å². The number of aromatic nitrogens is 1. The third kappa shape index (κ3) is 7.72. The summed E-state index contributed by atoms with van der Waals surface area (Å²) in [5.74, 6) is 0. The molecule has 0 atom stereocenters. The predicted octanol–water partition coefficient (Wildman–Crippen LogP) is 15.4. The molecular formula is C60H52N2. The number of para-hydroxylation sites is 1. The van der Waals surface area contributed by atoms with Gasteiger partial charge < -0.3 is 9.47 Å². The fourth-order valence-electron chi connectivity index (χ4n) is 9.04. The summed E-state index contributed by atoms with van der Waals surface area (Å²) in [4.78, 5) is 2.44. The van der Waals surface area contributed by atoms with Crippen molar-refractivity contribution in [2.45, 2.75) is 40.5 Å². The number of anilines is 3. The van der Waals surface area contributed by atoms with Crippen molar-refractivity contribution in [1.29, 1.82) is 0 Å². The van der Waals surface area contributed by atoms with Gasteiger partial charge in [-0.2, -0.15) is 0 Å². The summed E-state index contributed by atoms with van der Waals surface area (Å²) in [6.07, 6.45) is 11.0. The van der Waals surface area contributed by atoms with Gasteiger partial charge in [0.1, 0.15) is 0 Å². The second kappa shape index (κ2) is 18.1. The third-order valence-corrected chi connectivity index (χ3v) is 12.0. The molecule has 0 radical (unpaired) electrons. The second-order valence-electron chi connectivity index (χ2n) is 15.7. The van der Waals surface area contributed by atoms with Crippen LogP contribution in [0.3, 0.4) is 0 Å². The lowest BCUT2D eigenvalue weighted by molar-refractivity contribution is 1.06. The number of rotatable bonds is 11. The van der Waals surface area contributed by atoms with Crippen LogP contribution in [-0.2, 0) is 6.42 Å². The molecular weight excluding hydrogens is 749 g/mol. The van der Waals surface area contributed by atoms with Crippen LogP contribution in [0.5, 0.6) is 0 Å². The van der Waals surface area contributed by atoms with Gasteiger partial charge in [-0.1, -0.05) is 190 Å². The van der Waals surface area contributed by atoms with Crippen molar-refractivity contribution in [1.82, 2.24) is 4.57 Å². The summed E-state index contributed by atoms with van der Waals surface area (Å²) < 4.78 is 2.48. The molecule has 1 aromatic heterocycles. The van der Waals surface area contributed by atoms with Gasteiger partial charge in [-0.15, -0.1) is 0 Å². The quantitative estimate of drug-likeness (QED) is 0.126. The number of allylic oxidation sites excluding steroid dienone is 1. The van der Waals surface area contributed by atoms with Gasteiger partial charge in [-0.25, -0.2) is 0 Å². The van der Waals surface area contributed by atoms with E-state index in [4.69, 9.17) is 0 Å². The molecule has 302 valence electrons. The molecule has 0 bridgehead atoms. The fourth-order valence-corrected chi connectivity index (χ4v) is 9.04. The van der Waals surface area contributed by atoms with E-state index in [0.717, 1.165) is 35.6 Å². The minimum absolute atomic E-state index is 0.889. The molecule has 0 saturated heterocycles. The molecule has 2 heteroatoms. The monoisotopic (exact) mass is 800 g/mol. The van der Waals surface area contributed by atoms with Gasteiger partial charge >= 0.3 is 0 Å². The summed E-state index contributed by atoms with van der Waals surface area (Å²) in [7, 11) is 0. The van der Waals surface area contributed by atoms with E-state index < -0.39 is 0 Å². The molecule has 0 aliphatic carbocycles. The van der Waals surface area contributed by atoms with Crippen LogP contribution in [0.1, 0.15) is 45.2 Å². The number of aryl methyl sites for hydroxylation is 1. The summed E-state index contributed by atoms with van der Waals surface area (Å²) in [5.41, 5.74) is 18.0. The maximum absolute atomic E-state index is 2.48. The van der Waals surface area contributed by atoms with Gasteiger partial charge in [0.05, 0.1) is 11.2 Å². The van der Waals surface area contributed by atoms with Crippen LogP contribution >= 0.6 is 0 Å². The number of hydrogen-bond acceptors (Lipinski definition) is 1. The number of hydrogen-bond donors (Lipinski definition) is 0. The maximum atomic E-state index is 2.48. The molecule has 0 aliphatic heterocycles. The zero-order valence-corrected chi connectivity index (χ0v) is 36.1. The van der Waals surface area contributed by atoms with Crippen molar-refractivity contribution in [3.05, 3.63) is 222 Å². The standard InChI is InChI=1S/C60H52N2/c1-5-18-55-54(7-3)60-56(19-6-2)57(8-4)62(53-40-36-50(37-41-53)48-32-28-46(29-33-48)44-22-14-10-15-23-44)59(60)42-58(55)61(51-24-16-11-17-25-51)52-38-34-49(35-39-52)47-30-26-45(27-31-47)43-20-12-9-13-21-43/h5,8-42H,6-7H2,1-4H3/b18-5-,56-19+,57-8+. The fraction of sp³-hybridized carbons (Fsp3) is 0.100. The van der Waals surface area contributed by atoms with Crippen LogP contribution in [0.2, 0.25) is 0 Å². The average Bonchev–Trinajstić information content (AvgIpc) is 3.65. The van der Waals surface area contributed by atoms with Crippen molar-refractivity contribution in [3.8, 4) is 50.2 Å². The molecule has 8 aromatic carbocycles. The number of fused-ring (bicyclic) bond motifs is 1. The Morgan fingerprint density at radius 2 is 0.903 bits per heavy atom. The topological polar surface area (TPSA) is 8.17 Å². The summed E-state index contributed by atoms with van der Waals surface area (Å²) >= 11 is 0. The Balaban J connectivity index is 1.19. The zero-order chi connectivity index (χ0) is 42.4. The van der Waals surface area contributed by atoms with Gasteiger partial charge in [0.25, 0.3) is 0 Å². The van der Waals surface area contributed by atoms with E-state index in [1.54, 1.807) is 0 Å². The highest BCUT2D eigenvalue weighted by Crippen LogP contribution is 2.42. The van der Waals surface area contributed by atoms with Crippen LogP contribution in [0.25, 0.3) is 79.3 Å². The first kappa shape index (κ1) is 40.0. The molecule has 0 saturated carbocycles. The van der Waals surface area contributed by atoms with Gasteiger partial charge in [0.15, 0.2) is 0 Å². The molecule has 1 heterocycles. The molecule has 62 heavy (non-hydrogen) atoms. The highest BCUT2D eigenvalue weighted by Gasteiger charge is 2.23. The van der Waals surface area contributed by atoms with Crippen LogP contribution < -0.4 is 15.5 Å². The molecule has 0 spiro atoms. The maximum Gasteiger partial charge on any atom is 0.0564 e. The van der Waals surface area contributed by atoms with Gasteiger partial charge in [-0.3, -0.25) is 0 Å². The molecule has 0 unspecified atom stereocenters. The summed E-state index contributed by atoms with van der Waals surface area (Å²) in [6.45, 7) is 8.85. The zero-order valence-electron chi connectivity index (χ0n) is 36.1. The van der Waals surface area contributed by atoms with Crippen molar-refractivity contribution in [2.75, 3.05) is 4.90 Å². The van der Waals surface area contributed by atoms with Crippen LogP contribution in [0, 0.1) is 0 Å². The molecule has 0 aliphatic rings. The van der Waals surface area contributed by atoms with E-state index in [2.05, 4.69) is 256 Å². The highest BCUT2D eigenvalue weighted by atomic mass is 15.1. The smallest absolute Gasteiger partial charge is 0.0564 e. The van der Waals surface area contributed by atoms with E-state index in [-0.39, 0.29) is 0 Å². The number of benzene rings is 8. The van der Waals surface area contributed by atoms with Gasteiger partial charge in [0.2, 0.25) is 0 Å². The number of nitrogens with zero attached hydrogens (tertiary/aromatic N) is 2. The van der Waals surface area contributed by atoms with Crippen LogP contribution in [-0.4, -0.2) is 4.57 Å². The van der Waals surface area contributed by atoms with E-state index in [0.29, 0.717) is 0 Å². The van der Waals surface area contributed by atoms with Crippen molar-refractivity contribution < 1.29 is 0 Å². The Morgan fingerprint density at radius 3 is 1.34 bits per heavy atom. The van der Waals surface area contributed by atoms with E-state index in [9.17, 15) is 0 Å². The Morgan fingerprint density at radius 1 is 0.484 bits per heavy atom. The summed E-state index contributed by atoms with van der Waals surface area (Å²) in [6, 6.07) is 70.4. The lowest BCUT2D eigenvalue weighted by Crippen LogP contribution is -2.28. The van der Waals surface area contributed by atoms with Gasteiger partial charge in [0, 0.05) is 38.6 Å². The third-order valence-electron chi connectivity index (χ3n) is 12.0. The van der Waals surface area contributed by atoms with Crippen molar-refractivity contribution in [2.24, 2.45) is 0 Å². The first-order valence-corrected chi connectivity index (χ1v) is 22.0. The van der Waals surface area contributed by atoms with E-state index in [1.807, 2.05) is 0 Å². The molecule has 0 N–H and O–H groups in total. The van der Waals surface area contributed by atoms with Crippen molar-refractivity contribution >= 4 is 46.2 Å². The summed E-state index contributed by atoms with van der Waals surface area (Å²) in [5, 5.41) is 3.84. The Labute approximate surface area is 366 Å². The minimum atomic E-state index is 0.889. The average molecular weight is 801 g/mol. The SMILES string of the molecule is C/C=C\c1c(N(c2ccccc2)c2ccc(-c3ccc(-c4ccccc4)cc3)cc2)cc2c(c1CC)c(=C/CC)/c(=C\C)n2-c1ccc(-c2ccc(-c3ccccc3)cc2)cc1. The highest BCUT2D eigenvalue weighted by molar-refractivity contribution is 5.98.